The first-order valence-electron chi connectivity index (χ1n) is 17.9. The number of aliphatic hydroxyl groups excluding tert-OH is 3. The SMILES string of the molecule is OC[C@]1(O)[C@@H]2N=C(N[C@H]3O[C@H](COCc4ccccc4)[C@@H](OCc4ccccc4)[C@H](OCc4ccccc4)[C@H]3OCc3ccccc3)O[C@@H]2[C@@H](O)[C@@H]1O. The summed E-state index contributed by atoms with van der Waals surface area (Å²) in [6.07, 6.45) is -8.08. The highest BCUT2D eigenvalue weighted by atomic mass is 16.6. The van der Waals surface area contributed by atoms with Crippen LogP contribution in [0.5, 0.6) is 0 Å². The van der Waals surface area contributed by atoms with E-state index in [1.54, 1.807) is 0 Å². The highest BCUT2D eigenvalue weighted by Crippen LogP contribution is 2.39. The molecular formula is C41H46N2O10. The van der Waals surface area contributed by atoms with Gasteiger partial charge in [0.2, 0.25) is 0 Å². The Bertz CT molecular complexity index is 1740. The molecule has 0 radical (unpaired) electrons. The first-order chi connectivity index (χ1) is 25.9. The molecule has 3 aliphatic rings. The minimum atomic E-state index is -2.10. The average molecular weight is 727 g/mol. The largest absolute Gasteiger partial charge is 0.457 e. The molecule has 1 saturated heterocycles. The Balaban J connectivity index is 1.21. The van der Waals surface area contributed by atoms with Crippen LogP contribution in [0.1, 0.15) is 22.3 Å². The van der Waals surface area contributed by atoms with Gasteiger partial charge in [0.25, 0.3) is 6.02 Å². The van der Waals surface area contributed by atoms with Crippen LogP contribution in [0.2, 0.25) is 0 Å². The van der Waals surface area contributed by atoms with Gasteiger partial charge in [0.15, 0.2) is 12.3 Å². The van der Waals surface area contributed by atoms with Gasteiger partial charge in [-0.2, -0.15) is 0 Å². The lowest BCUT2D eigenvalue weighted by molar-refractivity contribution is -0.276. The molecule has 2 fully saturated rings. The lowest BCUT2D eigenvalue weighted by atomic mass is 9.96. The zero-order valence-corrected chi connectivity index (χ0v) is 29.2. The number of aliphatic imine (C=N–C) groups is 1. The maximum absolute atomic E-state index is 11.1. The summed E-state index contributed by atoms with van der Waals surface area (Å²) in [4.78, 5) is 4.48. The first-order valence-corrected chi connectivity index (χ1v) is 17.9. The van der Waals surface area contributed by atoms with Gasteiger partial charge in [-0.05, 0) is 22.3 Å². The topological polar surface area (TPSA) is 161 Å². The predicted octanol–water partition coefficient (Wildman–Crippen LogP) is 2.86. The molecule has 10 atom stereocenters. The number of aliphatic hydroxyl groups is 4. The third-order valence-electron chi connectivity index (χ3n) is 9.90. The fourth-order valence-electron chi connectivity index (χ4n) is 7.01. The molecule has 0 bridgehead atoms. The Morgan fingerprint density at radius 3 is 1.62 bits per heavy atom. The van der Waals surface area contributed by atoms with Gasteiger partial charge >= 0.3 is 0 Å². The van der Waals surface area contributed by atoms with Gasteiger partial charge in [-0.15, -0.1) is 0 Å². The molecule has 0 aromatic heterocycles. The summed E-state index contributed by atoms with van der Waals surface area (Å²) >= 11 is 0. The van der Waals surface area contributed by atoms with Gasteiger partial charge in [0.1, 0.15) is 48.3 Å². The number of ether oxygens (including phenoxy) is 6. The lowest BCUT2D eigenvalue weighted by Crippen LogP contribution is -2.65. The van der Waals surface area contributed by atoms with E-state index in [1.807, 2.05) is 121 Å². The summed E-state index contributed by atoms with van der Waals surface area (Å²) < 4.78 is 39.1. The Hall–Kier alpha value is -4.21. The van der Waals surface area contributed by atoms with Crippen LogP contribution in [-0.4, -0.2) is 100 Å². The van der Waals surface area contributed by atoms with Gasteiger partial charge in [0, 0.05) is 0 Å². The van der Waals surface area contributed by atoms with Crippen molar-refractivity contribution in [3.8, 4) is 0 Å². The summed E-state index contributed by atoms with van der Waals surface area (Å²) in [6, 6.07) is 38.0. The van der Waals surface area contributed by atoms with Crippen LogP contribution in [0.25, 0.3) is 0 Å². The molecule has 1 saturated carbocycles. The number of benzene rings is 4. The summed E-state index contributed by atoms with van der Waals surface area (Å²) in [5.74, 6) is 0. The Morgan fingerprint density at radius 2 is 1.11 bits per heavy atom. The third-order valence-corrected chi connectivity index (χ3v) is 9.90. The lowest BCUT2D eigenvalue weighted by Gasteiger charge is -2.46. The molecule has 4 aromatic carbocycles. The summed E-state index contributed by atoms with van der Waals surface area (Å²) in [7, 11) is 0. The molecule has 2 aliphatic heterocycles. The fourth-order valence-corrected chi connectivity index (χ4v) is 7.01. The monoisotopic (exact) mass is 726 g/mol. The number of nitrogens with one attached hydrogen (secondary N) is 1. The maximum Gasteiger partial charge on any atom is 0.287 e. The number of fused-ring (bicyclic) bond motifs is 1. The zero-order valence-electron chi connectivity index (χ0n) is 29.2. The van der Waals surface area contributed by atoms with Crippen molar-refractivity contribution in [2.24, 2.45) is 4.99 Å². The molecule has 2 heterocycles. The molecule has 0 unspecified atom stereocenters. The Morgan fingerprint density at radius 1 is 0.642 bits per heavy atom. The van der Waals surface area contributed by atoms with Gasteiger partial charge in [0.05, 0.1) is 39.6 Å². The van der Waals surface area contributed by atoms with E-state index in [0.717, 1.165) is 22.3 Å². The van der Waals surface area contributed by atoms with E-state index in [-0.39, 0.29) is 32.4 Å². The quantitative estimate of drug-likeness (QED) is 0.123. The first kappa shape index (κ1) is 37.1. The van der Waals surface area contributed by atoms with Crippen LogP contribution in [0.15, 0.2) is 126 Å². The Labute approximate surface area is 308 Å². The summed E-state index contributed by atoms with van der Waals surface area (Å²) in [5, 5.41) is 45.4. The zero-order chi connectivity index (χ0) is 36.6. The second-order valence-electron chi connectivity index (χ2n) is 13.6. The van der Waals surface area contributed by atoms with Crippen molar-refractivity contribution in [2.45, 2.75) is 87.0 Å². The smallest absolute Gasteiger partial charge is 0.287 e. The van der Waals surface area contributed by atoms with Crippen molar-refractivity contribution in [1.29, 1.82) is 0 Å². The fraction of sp³-hybridized carbons (Fsp3) is 0.390. The minimum absolute atomic E-state index is 0.0504. The normalized spacial score (nSPS) is 30.7. The number of rotatable bonds is 15. The molecule has 53 heavy (non-hydrogen) atoms. The molecular weight excluding hydrogens is 680 g/mol. The number of amidine groups is 1. The standard InChI is InChI=1S/C41H46N2O10/c44-26-41(47)37-34(32(45)38(41)46)53-40(42-37)43-39-36(51-24-30-19-11-4-12-20-30)35(50-23-29-17-9-3-10-18-29)33(49-22-28-15-7-2-8-16-28)31(52-39)25-48-21-27-13-5-1-6-14-27/h1-20,31-39,44-47H,21-26H2,(H,42,43)/t31-,32-,33-,34-,35+,36-,37-,38+,39+,41+/m1/s1. The second kappa shape index (κ2) is 17.3. The third kappa shape index (κ3) is 8.62. The molecule has 5 N–H and O–H groups in total. The van der Waals surface area contributed by atoms with Gasteiger partial charge in [-0.1, -0.05) is 121 Å². The molecule has 12 nitrogen and oxygen atoms in total. The highest BCUT2D eigenvalue weighted by molar-refractivity contribution is 5.76. The van der Waals surface area contributed by atoms with Crippen molar-refractivity contribution in [3.63, 3.8) is 0 Å². The molecule has 7 rings (SSSR count). The minimum Gasteiger partial charge on any atom is -0.457 e. The van der Waals surface area contributed by atoms with E-state index in [4.69, 9.17) is 28.4 Å². The van der Waals surface area contributed by atoms with Crippen molar-refractivity contribution in [3.05, 3.63) is 144 Å². The van der Waals surface area contributed by atoms with Crippen LogP contribution in [0.3, 0.4) is 0 Å². The van der Waals surface area contributed by atoms with Crippen LogP contribution >= 0.6 is 0 Å². The van der Waals surface area contributed by atoms with E-state index in [0.29, 0.717) is 6.61 Å². The van der Waals surface area contributed by atoms with Crippen LogP contribution in [-0.2, 0) is 54.8 Å². The molecule has 12 heteroatoms. The van der Waals surface area contributed by atoms with E-state index in [2.05, 4.69) is 10.3 Å². The van der Waals surface area contributed by atoms with Gasteiger partial charge in [-0.25, -0.2) is 4.99 Å². The average Bonchev–Trinajstić information content (AvgIpc) is 3.70. The van der Waals surface area contributed by atoms with Gasteiger partial charge < -0.3 is 54.2 Å². The summed E-state index contributed by atoms with van der Waals surface area (Å²) in [6.45, 7) is 0.390. The highest BCUT2D eigenvalue weighted by Gasteiger charge is 2.63. The second-order valence-corrected chi connectivity index (χ2v) is 13.6. The summed E-state index contributed by atoms with van der Waals surface area (Å²) in [5.41, 5.74) is 1.75. The maximum atomic E-state index is 11.1. The molecule has 1 aliphatic carbocycles. The molecule has 0 amide bonds. The molecule has 280 valence electrons. The van der Waals surface area contributed by atoms with Crippen molar-refractivity contribution in [2.75, 3.05) is 13.2 Å². The van der Waals surface area contributed by atoms with Gasteiger partial charge in [-0.3, -0.25) is 0 Å². The van der Waals surface area contributed by atoms with E-state index < -0.39 is 67.2 Å². The number of hydrogen-bond acceptors (Lipinski definition) is 12. The van der Waals surface area contributed by atoms with Crippen LogP contribution in [0, 0.1) is 0 Å². The van der Waals surface area contributed by atoms with Crippen molar-refractivity contribution < 1.29 is 48.8 Å². The van der Waals surface area contributed by atoms with Crippen LogP contribution < -0.4 is 5.32 Å². The van der Waals surface area contributed by atoms with Crippen molar-refractivity contribution >= 4 is 6.02 Å². The number of hydrogen-bond donors (Lipinski definition) is 5. The molecule has 0 spiro atoms. The predicted molar refractivity (Wildman–Crippen MR) is 193 cm³/mol. The number of nitrogens with zero attached hydrogens (tertiary/aromatic N) is 1. The van der Waals surface area contributed by atoms with Crippen molar-refractivity contribution in [1.82, 2.24) is 5.32 Å². The molecule has 4 aromatic rings. The Kier molecular flexibility index (Phi) is 12.1. The van der Waals surface area contributed by atoms with E-state index in [1.165, 1.54) is 0 Å². The van der Waals surface area contributed by atoms with E-state index >= 15 is 0 Å². The van der Waals surface area contributed by atoms with Crippen LogP contribution in [0.4, 0.5) is 0 Å². The van der Waals surface area contributed by atoms with E-state index in [9.17, 15) is 20.4 Å².